The average Bonchev–Trinajstić information content (AvgIpc) is 3.16. The number of rotatable bonds is 4. The fourth-order valence-corrected chi connectivity index (χ4v) is 3.22. The zero-order valence-corrected chi connectivity index (χ0v) is 13.4. The van der Waals surface area contributed by atoms with Gasteiger partial charge in [0.2, 0.25) is 5.91 Å². The summed E-state index contributed by atoms with van der Waals surface area (Å²) in [4.78, 5) is 26.2. The summed E-state index contributed by atoms with van der Waals surface area (Å²) >= 11 is 0. The Morgan fingerprint density at radius 1 is 1.43 bits per heavy atom. The van der Waals surface area contributed by atoms with Crippen LogP contribution in [0.1, 0.15) is 41.1 Å². The lowest BCUT2D eigenvalue weighted by Crippen LogP contribution is -2.41. The third kappa shape index (κ3) is 2.62. The summed E-state index contributed by atoms with van der Waals surface area (Å²) in [5, 5.41) is 4.20. The SMILES string of the molecule is CC[C@H](C(=O)N1CCc2cc(C(N)=O)n(C)c2C1)n1cccn1. The monoisotopic (exact) mass is 315 g/mol. The van der Waals surface area contributed by atoms with Crippen molar-refractivity contribution in [3.63, 3.8) is 0 Å². The first kappa shape index (κ1) is 15.3. The standard InChI is InChI=1S/C16H21N5O2/c1-3-12(21-7-4-6-18-21)16(23)20-8-5-11-9-13(15(17)22)19(2)14(11)10-20/h4,6-7,9,12H,3,5,8,10H2,1-2H3,(H2,17,22)/t12-/m1/s1. The molecule has 0 spiro atoms. The van der Waals surface area contributed by atoms with Gasteiger partial charge >= 0.3 is 0 Å². The average molecular weight is 315 g/mol. The summed E-state index contributed by atoms with van der Waals surface area (Å²) in [6.07, 6.45) is 4.91. The quantitative estimate of drug-likeness (QED) is 0.908. The third-order valence-electron chi connectivity index (χ3n) is 4.52. The van der Waals surface area contributed by atoms with Crippen LogP contribution >= 0.6 is 0 Å². The van der Waals surface area contributed by atoms with Gasteiger partial charge in [-0.15, -0.1) is 0 Å². The van der Waals surface area contributed by atoms with Crippen LogP contribution in [-0.4, -0.2) is 37.6 Å². The minimum absolute atomic E-state index is 0.0590. The third-order valence-corrected chi connectivity index (χ3v) is 4.52. The molecule has 2 aromatic heterocycles. The predicted octanol–water partition coefficient (Wildman–Crippen LogP) is 0.856. The van der Waals surface area contributed by atoms with Crippen LogP contribution in [0.2, 0.25) is 0 Å². The van der Waals surface area contributed by atoms with E-state index < -0.39 is 5.91 Å². The number of carbonyl (C=O) groups excluding carboxylic acids is 2. The van der Waals surface area contributed by atoms with Gasteiger partial charge in [-0.1, -0.05) is 6.92 Å². The topological polar surface area (TPSA) is 86.1 Å². The van der Waals surface area contributed by atoms with Crippen LogP contribution in [0.4, 0.5) is 0 Å². The number of hydrogen-bond donors (Lipinski definition) is 1. The van der Waals surface area contributed by atoms with Crippen molar-refractivity contribution in [3.05, 3.63) is 41.5 Å². The molecular formula is C16H21N5O2. The first-order chi connectivity index (χ1) is 11.0. The van der Waals surface area contributed by atoms with Gasteiger partial charge in [0.05, 0.1) is 6.54 Å². The molecule has 23 heavy (non-hydrogen) atoms. The van der Waals surface area contributed by atoms with Crippen molar-refractivity contribution in [3.8, 4) is 0 Å². The molecule has 0 bridgehead atoms. The fourth-order valence-electron chi connectivity index (χ4n) is 3.22. The smallest absolute Gasteiger partial charge is 0.265 e. The van der Waals surface area contributed by atoms with Crippen molar-refractivity contribution in [2.24, 2.45) is 12.8 Å². The van der Waals surface area contributed by atoms with Crippen LogP contribution in [0.3, 0.4) is 0 Å². The normalized spacial score (nSPS) is 15.3. The van der Waals surface area contributed by atoms with Crippen molar-refractivity contribution in [1.29, 1.82) is 0 Å². The Hall–Kier alpha value is -2.57. The van der Waals surface area contributed by atoms with Gasteiger partial charge in [-0.2, -0.15) is 5.10 Å². The second-order valence-corrected chi connectivity index (χ2v) is 5.84. The summed E-state index contributed by atoms with van der Waals surface area (Å²) in [7, 11) is 1.82. The highest BCUT2D eigenvalue weighted by atomic mass is 16.2. The highest BCUT2D eigenvalue weighted by Gasteiger charge is 2.30. The molecule has 3 heterocycles. The number of hydrogen-bond acceptors (Lipinski definition) is 3. The fraction of sp³-hybridized carbons (Fsp3) is 0.438. The van der Waals surface area contributed by atoms with Crippen LogP contribution in [0.15, 0.2) is 24.5 Å². The highest BCUT2D eigenvalue weighted by Crippen LogP contribution is 2.25. The molecule has 0 saturated heterocycles. The maximum atomic E-state index is 12.9. The first-order valence-corrected chi connectivity index (χ1v) is 7.78. The molecule has 0 fully saturated rings. The molecule has 0 radical (unpaired) electrons. The largest absolute Gasteiger partial charge is 0.364 e. The molecule has 1 atom stereocenters. The number of nitrogens with zero attached hydrogens (tertiary/aromatic N) is 4. The van der Waals surface area contributed by atoms with Crippen molar-refractivity contribution in [2.75, 3.05) is 6.54 Å². The molecule has 3 rings (SSSR count). The summed E-state index contributed by atoms with van der Waals surface area (Å²) in [6.45, 7) is 3.12. The summed E-state index contributed by atoms with van der Waals surface area (Å²) < 4.78 is 3.50. The number of fused-ring (bicyclic) bond motifs is 1. The van der Waals surface area contributed by atoms with Crippen molar-refractivity contribution < 1.29 is 9.59 Å². The number of aromatic nitrogens is 3. The predicted molar refractivity (Wildman–Crippen MR) is 84.6 cm³/mol. The molecule has 1 aliphatic heterocycles. The number of nitrogens with two attached hydrogens (primary N) is 1. The number of amides is 2. The molecule has 2 amide bonds. The van der Waals surface area contributed by atoms with Gasteiger partial charge in [0, 0.05) is 31.7 Å². The number of primary amides is 1. The van der Waals surface area contributed by atoms with E-state index in [4.69, 9.17) is 5.73 Å². The lowest BCUT2D eigenvalue weighted by atomic mass is 10.1. The van der Waals surface area contributed by atoms with Crippen LogP contribution in [-0.2, 0) is 24.8 Å². The van der Waals surface area contributed by atoms with Gasteiger partial charge in [0.25, 0.3) is 5.91 Å². The molecule has 2 N–H and O–H groups in total. The Balaban J connectivity index is 1.84. The molecule has 1 aliphatic rings. The zero-order chi connectivity index (χ0) is 16.6. The van der Waals surface area contributed by atoms with Gasteiger partial charge in [-0.3, -0.25) is 14.3 Å². The molecule has 0 saturated carbocycles. The lowest BCUT2D eigenvalue weighted by molar-refractivity contribution is -0.136. The minimum atomic E-state index is -0.442. The molecule has 0 unspecified atom stereocenters. The van der Waals surface area contributed by atoms with Crippen molar-refractivity contribution >= 4 is 11.8 Å². The van der Waals surface area contributed by atoms with Gasteiger partial charge in [0.1, 0.15) is 11.7 Å². The molecular weight excluding hydrogens is 294 g/mol. The summed E-state index contributed by atoms with van der Waals surface area (Å²) in [6, 6.07) is 3.37. The molecule has 0 aromatic carbocycles. The van der Waals surface area contributed by atoms with E-state index in [0.29, 0.717) is 25.2 Å². The molecule has 0 aliphatic carbocycles. The number of carbonyl (C=O) groups is 2. The van der Waals surface area contributed by atoms with E-state index >= 15 is 0 Å². The van der Waals surface area contributed by atoms with E-state index in [9.17, 15) is 9.59 Å². The second kappa shape index (κ2) is 5.91. The Morgan fingerprint density at radius 3 is 2.83 bits per heavy atom. The van der Waals surface area contributed by atoms with E-state index in [1.54, 1.807) is 15.4 Å². The highest BCUT2D eigenvalue weighted by molar-refractivity contribution is 5.92. The Kier molecular flexibility index (Phi) is 3.94. The Bertz CT molecular complexity index is 732. The van der Waals surface area contributed by atoms with E-state index in [2.05, 4.69) is 5.10 Å². The first-order valence-electron chi connectivity index (χ1n) is 7.78. The van der Waals surface area contributed by atoms with Crippen LogP contribution in [0, 0.1) is 0 Å². The Morgan fingerprint density at radius 2 is 2.22 bits per heavy atom. The van der Waals surface area contributed by atoms with Gasteiger partial charge in [0.15, 0.2) is 0 Å². The summed E-state index contributed by atoms with van der Waals surface area (Å²) in [5.41, 5.74) is 7.97. The second-order valence-electron chi connectivity index (χ2n) is 5.84. The van der Waals surface area contributed by atoms with Crippen LogP contribution in [0.25, 0.3) is 0 Å². The molecule has 7 heteroatoms. The van der Waals surface area contributed by atoms with E-state index in [0.717, 1.165) is 17.7 Å². The zero-order valence-electron chi connectivity index (χ0n) is 13.4. The molecule has 7 nitrogen and oxygen atoms in total. The summed E-state index contributed by atoms with van der Waals surface area (Å²) in [5.74, 6) is -0.383. The maximum Gasteiger partial charge on any atom is 0.265 e. The van der Waals surface area contributed by atoms with Gasteiger partial charge in [-0.25, -0.2) is 0 Å². The van der Waals surface area contributed by atoms with Crippen molar-refractivity contribution in [2.45, 2.75) is 32.4 Å². The van der Waals surface area contributed by atoms with E-state index in [1.165, 1.54) is 0 Å². The van der Waals surface area contributed by atoms with Gasteiger partial charge in [-0.05, 0) is 30.5 Å². The van der Waals surface area contributed by atoms with Gasteiger partial charge < -0.3 is 15.2 Å². The minimum Gasteiger partial charge on any atom is -0.364 e. The van der Waals surface area contributed by atoms with Crippen molar-refractivity contribution in [1.82, 2.24) is 19.2 Å². The lowest BCUT2D eigenvalue weighted by Gasteiger charge is -2.31. The Labute approximate surface area is 134 Å². The van der Waals surface area contributed by atoms with E-state index in [1.807, 2.05) is 37.2 Å². The van der Waals surface area contributed by atoms with Crippen LogP contribution < -0.4 is 5.73 Å². The molecule has 2 aromatic rings. The van der Waals surface area contributed by atoms with Crippen LogP contribution in [0.5, 0.6) is 0 Å². The maximum absolute atomic E-state index is 12.9. The molecule has 122 valence electrons. The van der Waals surface area contributed by atoms with E-state index in [-0.39, 0.29) is 11.9 Å².